The normalized spacial score (nSPS) is 22.4. The van der Waals surface area contributed by atoms with Crippen LogP contribution in [0.3, 0.4) is 0 Å². The number of amides is 4. The van der Waals surface area contributed by atoms with Crippen LogP contribution in [0.15, 0.2) is 0 Å². The van der Waals surface area contributed by atoms with Crippen molar-refractivity contribution in [2.75, 3.05) is 19.6 Å². The van der Waals surface area contributed by atoms with Crippen molar-refractivity contribution in [3.05, 3.63) is 0 Å². The minimum absolute atomic E-state index is 0.0607. The average molecular weight is 468 g/mol. The molecular formula is C22H37N5O6. The Kier molecular flexibility index (Phi) is 9.21. The summed E-state index contributed by atoms with van der Waals surface area (Å²) < 4.78 is 0. The summed E-state index contributed by atoms with van der Waals surface area (Å²) >= 11 is 0. The van der Waals surface area contributed by atoms with Gasteiger partial charge in [-0.2, -0.15) is 0 Å². The van der Waals surface area contributed by atoms with E-state index in [1.54, 1.807) is 13.8 Å². The van der Waals surface area contributed by atoms with Gasteiger partial charge in [0.1, 0.15) is 18.1 Å². The molecule has 11 heteroatoms. The van der Waals surface area contributed by atoms with E-state index in [1.807, 2.05) is 13.8 Å². The molecule has 2 saturated heterocycles. The van der Waals surface area contributed by atoms with Crippen molar-refractivity contribution in [1.29, 1.82) is 0 Å². The first-order chi connectivity index (χ1) is 15.5. The van der Waals surface area contributed by atoms with Crippen LogP contribution in [0.25, 0.3) is 0 Å². The van der Waals surface area contributed by atoms with Crippen LogP contribution in [0.4, 0.5) is 0 Å². The molecule has 4 atom stereocenters. The molecule has 0 aromatic carbocycles. The minimum Gasteiger partial charge on any atom is -0.480 e. The Morgan fingerprint density at radius 2 is 1.45 bits per heavy atom. The molecule has 0 aromatic heterocycles. The molecular weight excluding hydrogens is 430 g/mol. The lowest BCUT2D eigenvalue weighted by atomic mass is 10.0. The fourth-order valence-electron chi connectivity index (χ4n) is 4.27. The zero-order chi connectivity index (χ0) is 24.9. The Labute approximate surface area is 194 Å². The number of nitrogens with two attached hydrogens (primary N) is 1. The molecule has 0 aromatic rings. The molecule has 2 rings (SSSR count). The number of nitrogens with one attached hydrogen (secondary N) is 2. The summed E-state index contributed by atoms with van der Waals surface area (Å²) in [7, 11) is 0. The number of carboxylic acid groups (broad SMARTS) is 1. The standard InChI is InChI=1S/C22H37N5O6/c1-12(2)17(23)20(30)26-9-5-7-14(26)19(29)24-11-16(28)25-18(13(3)4)21(31)27-10-6-8-15(27)22(32)33/h12-15,17-18H,5-11,23H2,1-4H3,(H,24,29)(H,25,28)(H,32,33). The molecule has 4 unspecified atom stereocenters. The molecule has 2 heterocycles. The lowest BCUT2D eigenvalue weighted by molar-refractivity contribution is -0.150. The Morgan fingerprint density at radius 3 is 1.97 bits per heavy atom. The Bertz CT molecular complexity index is 770. The number of rotatable bonds is 9. The van der Waals surface area contributed by atoms with Crippen molar-refractivity contribution in [1.82, 2.24) is 20.4 Å². The smallest absolute Gasteiger partial charge is 0.326 e. The highest BCUT2D eigenvalue weighted by atomic mass is 16.4. The van der Waals surface area contributed by atoms with Crippen LogP contribution >= 0.6 is 0 Å². The summed E-state index contributed by atoms with van der Waals surface area (Å²) in [6, 6.07) is -3.17. The van der Waals surface area contributed by atoms with Gasteiger partial charge in [0.25, 0.3) is 0 Å². The zero-order valence-electron chi connectivity index (χ0n) is 19.9. The monoisotopic (exact) mass is 467 g/mol. The Morgan fingerprint density at radius 1 is 0.909 bits per heavy atom. The van der Waals surface area contributed by atoms with E-state index in [-0.39, 0.29) is 24.3 Å². The third kappa shape index (κ3) is 6.43. The van der Waals surface area contributed by atoms with E-state index < -0.39 is 47.9 Å². The van der Waals surface area contributed by atoms with Crippen LogP contribution < -0.4 is 16.4 Å². The predicted octanol–water partition coefficient (Wildman–Crippen LogP) is -0.707. The van der Waals surface area contributed by atoms with Crippen LogP contribution in [-0.4, -0.2) is 88.3 Å². The van der Waals surface area contributed by atoms with Crippen LogP contribution in [0.2, 0.25) is 0 Å². The van der Waals surface area contributed by atoms with Gasteiger partial charge in [-0.05, 0) is 37.5 Å². The molecule has 5 N–H and O–H groups in total. The number of carboxylic acids is 1. The summed E-state index contributed by atoms with van der Waals surface area (Å²) in [5, 5.41) is 14.5. The molecule has 2 aliphatic heterocycles. The minimum atomic E-state index is -1.06. The number of carbonyl (C=O) groups is 5. The molecule has 2 aliphatic rings. The van der Waals surface area contributed by atoms with Gasteiger partial charge >= 0.3 is 5.97 Å². The van der Waals surface area contributed by atoms with E-state index in [4.69, 9.17) is 5.73 Å². The number of nitrogens with zero attached hydrogens (tertiary/aromatic N) is 2. The van der Waals surface area contributed by atoms with Gasteiger partial charge in [-0.15, -0.1) is 0 Å². The number of likely N-dealkylation sites (tertiary alicyclic amines) is 2. The van der Waals surface area contributed by atoms with Gasteiger partial charge in [0, 0.05) is 13.1 Å². The highest BCUT2D eigenvalue weighted by Crippen LogP contribution is 2.21. The van der Waals surface area contributed by atoms with Crippen LogP contribution in [-0.2, 0) is 24.0 Å². The van der Waals surface area contributed by atoms with Crippen molar-refractivity contribution in [2.24, 2.45) is 17.6 Å². The highest BCUT2D eigenvalue weighted by molar-refractivity contribution is 5.94. The van der Waals surface area contributed by atoms with Gasteiger partial charge in [0.2, 0.25) is 23.6 Å². The maximum absolute atomic E-state index is 12.9. The van der Waals surface area contributed by atoms with Crippen molar-refractivity contribution in [2.45, 2.75) is 77.5 Å². The second-order valence-corrected chi connectivity index (χ2v) is 9.49. The fraction of sp³-hybridized carbons (Fsp3) is 0.773. The van der Waals surface area contributed by atoms with Crippen molar-refractivity contribution < 1.29 is 29.1 Å². The van der Waals surface area contributed by atoms with Gasteiger partial charge in [0.05, 0.1) is 12.6 Å². The molecule has 0 radical (unpaired) electrons. The fourth-order valence-corrected chi connectivity index (χ4v) is 4.27. The number of aliphatic carboxylic acids is 1. The van der Waals surface area contributed by atoms with E-state index in [0.29, 0.717) is 38.8 Å². The molecule has 33 heavy (non-hydrogen) atoms. The van der Waals surface area contributed by atoms with Gasteiger partial charge in [-0.1, -0.05) is 27.7 Å². The molecule has 4 amide bonds. The predicted molar refractivity (Wildman–Crippen MR) is 120 cm³/mol. The van der Waals surface area contributed by atoms with E-state index in [0.717, 1.165) is 0 Å². The molecule has 0 saturated carbocycles. The maximum atomic E-state index is 12.9. The third-order valence-corrected chi connectivity index (χ3v) is 6.34. The van der Waals surface area contributed by atoms with Crippen LogP contribution in [0.5, 0.6) is 0 Å². The molecule has 0 aliphatic carbocycles. The molecule has 0 spiro atoms. The highest BCUT2D eigenvalue weighted by Gasteiger charge is 2.39. The Balaban J connectivity index is 1.94. The zero-order valence-corrected chi connectivity index (χ0v) is 19.9. The summed E-state index contributed by atoms with van der Waals surface area (Å²) in [4.78, 5) is 64.9. The van der Waals surface area contributed by atoms with Gasteiger partial charge in [0.15, 0.2) is 0 Å². The molecule has 2 fully saturated rings. The van der Waals surface area contributed by atoms with E-state index in [9.17, 15) is 29.1 Å². The first-order valence-electron chi connectivity index (χ1n) is 11.6. The summed E-state index contributed by atoms with van der Waals surface area (Å²) in [6.45, 7) is 7.60. The van der Waals surface area contributed by atoms with Gasteiger partial charge in [-0.3, -0.25) is 19.2 Å². The Hall–Kier alpha value is -2.69. The van der Waals surface area contributed by atoms with Gasteiger partial charge < -0.3 is 31.3 Å². The summed E-state index contributed by atoms with van der Waals surface area (Å²) in [5.41, 5.74) is 5.96. The van der Waals surface area contributed by atoms with Crippen LogP contribution in [0, 0.1) is 11.8 Å². The van der Waals surface area contributed by atoms with E-state index in [2.05, 4.69) is 10.6 Å². The van der Waals surface area contributed by atoms with E-state index >= 15 is 0 Å². The third-order valence-electron chi connectivity index (χ3n) is 6.34. The average Bonchev–Trinajstić information content (AvgIpc) is 3.43. The maximum Gasteiger partial charge on any atom is 0.326 e. The van der Waals surface area contributed by atoms with Crippen molar-refractivity contribution >= 4 is 29.6 Å². The topological polar surface area (TPSA) is 162 Å². The molecule has 186 valence electrons. The number of hydrogen-bond donors (Lipinski definition) is 4. The van der Waals surface area contributed by atoms with Crippen molar-refractivity contribution in [3.63, 3.8) is 0 Å². The summed E-state index contributed by atoms with van der Waals surface area (Å²) in [5.74, 6) is -3.11. The number of hydrogen-bond acceptors (Lipinski definition) is 6. The van der Waals surface area contributed by atoms with Crippen LogP contribution in [0.1, 0.15) is 53.4 Å². The first kappa shape index (κ1) is 26.6. The molecule has 11 nitrogen and oxygen atoms in total. The quantitative estimate of drug-likeness (QED) is 0.348. The second-order valence-electron chi connectivity index (χ2n) is 9.49. The largest absolute Gasteiger partial charge is 0.480 e. The SMILES string of the molecule is CC(C)C(N)C(=O)N1CCCC1C(=O)NCC(=O)NC(C(=O)N1CCCC1C(=O)O)C(C)C. The van der Waals surface area contributed by atoms with E-state index in [1.165, 1.54) is 9.80 Å². The second kappa shape index (κ2) is 11.4. The van der Waals surface area contributed by atoms with Crippen molar-refractivity contribution in [3.8, 4) is 0 Å². The summed E-state index contributed by atoms with van der Waals surface area (Å²) in [6.07, 6.45) is 2.13. The lowest BCUT2D eigenvalue weighted by Gasteiger charge is -2.30. The lowest BCUT2D eigenvalue weighted by Crippen LogP contribution is -2.56. The van der Waals surface area contributed by atoms with Gasteiger partial charge in [-0.25, -0.2) is 4.79 Å². The first-order valence-corrected chi connectivity index (χ1v) is 11.6. The molecule has 0 bridgehead atoms. The number of carbonyl (C=O) groups excluding carboxylic acids is 4.